The number of ether oxygens (including phenoxy) is 3. The van der Waals surface area contributed by atoms with Gasteiger partial charge >= 0.3 is 0 Å². The molecular weight excluding hydrogens is 254 g/mol. The number of fused-ring (bicyclic) bond motifs is 1. The SMILES string of the molecule is NCCOCCOCCOc1cccc2ccccc12. The Morgan fingerprint density at radius 1 is 0.750 bits per heavy atom. The fourth-order valence-electron chi connectivity index (χ4n) is 1.94. The second kappa shape index (κ2) is 8.53. The van der Waals surface area contributed by atoms with Crippen LogP contribution >= 0.6 is 0 Å². The highest BCUT2D eigenvalue weighted by Crippen LogP contribution is 2.24. The van der Waals surface area contributed by atoms with Crippen molar-refractivity contribution in [2.45, 2.75) is 0 Å². The summed E-state index contributed by atoms with van der Waals surface area (Å²) in [5.41, 5.74) is 5.31. The molecule has 0 fully saturated rings. The molecule has 2 N–H and O–H groups in total. The van der Waals surface area contributed by atoms with Crippen LogP contribution in [0.1, 0.15) is 0 Å². The molecule has 0 amide bonds. The van der Waals surface area contributed by atoms with Crippen LogP contribution in [-0.4, -0.2) is 39.6 Å². The summed E-state index contributed by atoms with van der Waals surface area (Å²) in [4.78, 5) is 0. The molecule has 0 bridgehead atoms. The Balaban J connectivity index is 1.71. The van der Waals surface area contributed by atoms with Crippen molar-refractivity contribution < 1.29 is 14.2 Å². The molecule has 4 heteroatoms. The fourth-order valence-corrected chi connectivity index (χ4v) is 1.94. The zero-order chi connectivity index (χ0) is 14.0. The average molecular weight is 275 g/mol. The van der Waals surface area contributed by atoms with Crippen LogP contribution in [0.5, 0.6) is 5.75 Å². The predicted molar refractivity (Wildman–Crippen MR) is 80.1 cm³/mol. The van der Waals surface area contributed by atoms with Gasteiger partial charge in [0.15, 0.2) is 0 Å². The third-order valence-corrected chi connectivity index (χ3v) is 2.87. The van der Waals surface area contributed by atoms with E-state index in [1.807, 2.05) is 24.3 Å². The Morgan fingerprint density at radius 2 is 1.45 bits per heavy atom. The summed E-state index contributed by atoms with van der Waals surface area (Å²) in [7, 11) is 0. The minimum Gasteiger partial charge on any atom is -0.491 e. The summed E-state index contributed by atoms with van der Waals surface area (Å²) in [6, 6.07) is 14.2. The first-order valence-electron chi connectivity index (χ1n) is 6.88. The summed E-state index contributed by atoms with van der Waals surface area (Å²) in [6.45, 7) is 3.35. The van der Waals surface area contributed by atoms with Crippen LogP contribution in [0.25, 0.3) is 10.8 Å². The molecule has 2 aromatic rings. The molecule has 0 spiro atoms. The summed E-state index contributed by atoms with van der Waals surface area (Å²) < 4.78 is 16.4. The Morgan fingerprint density at radius 3 is 2.30 bits per heavy atom. The van der Waals surface area contributed by atoms with Gasteiger partial charge in [-0.1, -0.05) is 36.4 Å². The third kappa shape index (κ3) is 4.49. The van der Waals surface area contributed by atoms with Gasteiger partial charge < -0.3 is 19.9 Å². The molecule has 0 aliphatic rings. The van der Waals surface area contributed by atoms with Gasteiger partial charge in [-0.05, 0) is 11.5 Å². The monoisotopic (exact) mass is 275 g/mol. The van der Waals surface area contributed by atoms with Crippen molar-refractivity contribution in [3.05, 3.63) is 42.5 Å². The number of nitrogens with two attached hydrogens (primary N) is 1. The Kier molecular flexibility index (Phi) is 6.31. The van der Waals surface area contributed by atoms with E-state index in [0.717, 1.165) is 11.1 Å². The highest BCUT2D eigenvalue weighted by atomic mass is 16.5. The quantitative estimate of drug-likeness (QED) is 0.713. The predicted octanol–water partition coefficient (Wildman–Crippen LogP) is 2.21. The Bertz CT molecular complexity index is 511. The van der Waals surface area contributed by atoms with Gasteiger partial charge in [-0.25, -0.2) is 0 Å². The lowest BCUT2D eigenvalue weighted by Crippen LogP contribution is -2.14. The maximum atomic E-state index is 5.76. The van der Waals surface area contributed by atoms with Crippen molar-refractivity contribution in [1.29, 1.82) is 0 Å². The van der Waals surface area contributed by atoms with Crippen LogP contribution in [0.15, 0.2) is 42.5 Å². The molecular formula is C16H21NO3. The smallest absolute Gasteiger partial charge is 0.127 e. The number of hydrogen-bond donors (Lipinski definition) is 1. The Labute approximate surface area is 119 Å². The summed E-state index contributed by atoms with van der Waals surface area (Å²) in [5, 5.41) is 2.31. The lowest BCUT2D eigenvalue weighted by molar-refractivity contribution is 0.0390. The van der Waals surface area contributed by atoms with Crippen molar-refractivity contribution in [2.24, 2.45) is 5.73 Å². The van der Waals surface area contributed by atoms with Crippen LogP contribution in [0.3, 0.4) is 0 Å². The van der Waals surface area contributed by atoms with Crippen molar-refractivity contribution in [3.63, 3.8) is 0 Å². The van der Waals surface area contributed by atoms with Crippen molar-refractivity contribution in [2.75, 3.05) is 39.6 Å². The van der Waals surface area contributed by atoms with E-state index in [2.05, 4.69) is 18.2 Å². The zero-order valence-electron chi connectivity index (χ0n) is 11.6. The Hall–Kier alpha value is -1.62. The number of rotatable bonds is 9. The maximum absolute atomic E-state index is 5.76. The fraction of sp³-hybridized carbons (Fsp3) is 0.375. The van der Waals surface area contributed by atoms with Gasteiger partial charge in [0.25, 0.3) is 0 Å². The van der Waals surface area contributed by atoms with Crippen LogP contribution < -0.4 is 10.5 Å². The lowest BCUT2D eigenvalue weighted by atomic mass is 10.1. The molecule has 0 aromatic heterocycles. The second-order valence-corrected chi connectivity index (χ2v) is 4.34. The molecule has 4 nitrogen and oxygen atoms in total. The molecule has 0 saturated carbocycles. The van der Waals surface area contributed by atoms with Gasteiger partial charge in [-0.15, -0.1) is 0 Å². The summed E-state index contributed by atoms with van der Waals surface area (Å²) >= 11 is 0. The highest BCUT2D eigenvalue weighted by Gasteiger charge is 2.00. The first-order valence-corrected chi connectivity index (χ1v) is 6.88. The van der Waals surface area contributed by atoms with Crippen LogP contribution in [0.4, 0.5) is 0 Å². The summed E-state index contributed by atoms with van der Waals surface area (Å²) in [5.74, 6) is 0.895. The molecule has 2 aromatic carbocycles. The van der Waals surface area contributed by atoms with Gasteiger partial charge in [-0.3, -0.25) is 0 Å². The van der Waals surface area contributed by atoms with Crippen molar-refractivity contribution in [3.8, 4) is 5.75 Å². The van der Waals surface area contributed by atoms with E-state index in [0.29, 0.717) is 39.6 Å². The minimum atomic E-state index is 0.533. The molecule has 0 heterocycles. The first-order chi connectivity index (χ1) is 9.92. The van der Waals surface area contributed by atoms with Gasteiger partial charge in [0.05, 0.1) is 26.4 Å². The molecule has 20 heavy (non-hydrogen) atoms. The van der Waals surface area contributed by atoms with Gasteiger partial charge in [0.1, 0.15) is 12.4 Å². The van der Waals surface area contributed by atoms with E-state index in [1.54, 1.807) is 0 Å². The van der Waals surface area contributed by atoms with Crippen molar-refractivity contribution >= 4 is 10.8 Å². The van der Waals surface area contributed by atoms with E-state index in [4.69, 9.17) is 19.9 Å². The molecule has 0 saturated heterocycles. The van der Waals surface area contributed by atoms with Gasteiger partial charge in [-0.2, -0.15) is 0 Å². The first kappa shape index (κ1) is 14.8. The average Bonchev–Trinajstić information content (AvgIpc) is 2.50. The molecule has 0 atom stereocenters. The third-order valence-electron chi connectivity index (χ3n) is 2.87. The van der Waals surface area contributed by atoms with Crippen LogP contribution in [0.2, 0.25) is 0 Å². The van der Waals surface area contributed by atoms with E-state index in [-0.39, 0.29) is 0 Å². The summed E-state index contributed by atoms with van der Waals surface area (Å²) in [6.07, 6.45) is 0. The van der Waals surface area contributed by atoms with Crippen LogP contribution in [-0.2, 0) is 9.47 Å². The van der Waals surface area contributed by atoms with E-state index < -0.39 is 0 Å². The molecule has 2 rings (SSSR count). The maximum Gasteiger partial charge on any atom is 0.127 e. The van der Waals surface area contributed by atoms with Gasteiger partial charge in [0, 0.05) is 11.9 Å². The molecule has 108 valence electrons. The van der Waals surface area contributed by atoms with Crippen molar-refractivity contribution in [1.82, 2.24) is 0 Å². The second-order valence-electron chi connectivity index (χ2n) is 4.34. The molecule has 0 radical (unpaired) electrons. The highest BCUT2D eigenvalue weighted by molar-refractivity contribution is 5.88. The van der Waals surface area contributed by atoms with Crippen LogP contribution in [0, 0.1) is 0 Å². The lowest BCUT2D eigenvalue weighted by Gasteiger charge is -2.10. The molecule has 0 aliphatic heterocycles. The molecule has 0 unspecified atom stereocenters. The topological polar surface area (TPSA) is 53.7 Å². The van der Waals surface area contributed by atoms with Gasteiger partial charge in [0.2, 0.25) is 0 Å². The van der Waals surface area contributed by atoms with E-state index >= 15 is 0 Å². The zero-order valence-corrected chi connectivity index (χ0v) is 11.6. The standard InChI is InChI=1S/C16H21NO3/c17-8-9-18-10-11-19-12-13-20-16-7-3-5-14-4-1-2-6-15(14)16/h1-7H,8-13,17H2. The minimum absolute atomic E-state index is 0.533. The number of hydrogen-bond acceptors (Lipinski definition) is 4. The van der Waals surface area contributed by atoms with E-state index in [9.17, 15) is 0 Å². The molecule has 0 aliphatic carbocycles. The number of benzene rings is 2. The normalized spacial score (nSPS) is 10.8. The van der Waals surface area contributed by atoms with E-state index in [1.165, 1.54) is 5.39 Å². The largest absolute Gasteiger partial charge is 0.491 e.